The van der Waals surface area contributed by atoms with Gasteiger partial charge < -0.3 is 10.1 Å². The van der Waals surface area contributed by atoms with Crippen molar-refractivity contribution in [2.45, 2.75) is 71.4 Å². The normalized spacial score (nSPS) is 26.8. The third kappa shape index (κ3) is 2.89. The molecule has 0 amide bonds. The van der Waals surface area contributed by atoms with Crippen molar-refractivity contribution >= 4 is 17.1 Å². The number of nitrogens with zero attached hydrogens (tertiary/aromatic N) is 3. The lowest BCUT2D eigenvalue weighted by Gasteiger charge is -2.31. The van der Waals surface area contributed by atoms with Crippen LogP contribution in [-0.2, 0) is 17.9 Å². The average molecular weight is 388 g/mol. The van der Waals surface area contributed by atoms with Gasteiger partial charge >= 0.3 is 11.7 Å². The molecule has 2 fully saturated rings. The van der Waals surface area contributed by atoms with Crippen molar-refractivity contribution in [1.29, 1.82) is 0 Å². The third-order valence-corrected chi connectivity index (χ3v) is 6.54. The lowest BCUT2D eigenvalue weighted by atomic mass is 9.73. The average Bonchev–Trinajstić information content (AvgIpc) is 3.22. The minimum absolute atomic E-state index is 0.115. The molecule has 0 radical (unpaired) electrons. The Labute approximate surface area is 162 Å². The van der Waals surface area contributed by atoms with E-state index in [-0.39, 0.29) is 34.9 Å². The molecule has 8 heteroatoms. The number of hydrogen-bond donors (Lipinski definition) is 2. The number of carbonyl (C=O) groups is 1. The van der Waals surface area contributed by atoms with Gasteiger partial charge in [0.05, 0.1) is 5.92 Å². The second kappa shape index (κ2) is 7.22. The molecule has 8 nitrogen and oxygen atoms in total. The van der Waals surface area contributed by atoms with Gasteiger partial charge in [0.2, 0.25) is 0 Å². The van der Waals surface area contributed by atoms with E-state index in [9.17, 15) is 19.5 Å². The lowest BCUT2D eigenvalue weighted by molar-refractivity contribution is -0.145. The number of aliphatic carboxylic acids is 1. The van der Waals surface area contributed by atoms with E-state index in [1.54, 1.807) is 4.57 Å². The van der Waals surface area contributed by atoms with Crippen molar-refractivity contribution in [3.8, 4) is 0 Å². The fourth-order valence-corrected chi connectivity index (χ4v) is 5.38. The maximum Gasteiger partial charge on any atom is 0.332 e. The Morgan fingerprint density at radius 2 is 1.71 bits per heavy atom. The van der Waals surface area contributed by atoms with Crippen LogP contribution in [0, 0.1) is 17.8 Å². The summed E-state index contributed by atoms with van der Waals surface area (Å²) in [6.45, 7) is 4.83. The highest BCUT2D eigenvalue weighted by molar-refractivity contribution is 5.72. The predicted octanol–water partition coefficient (Wildman–Crippen LogP) is 2.31. The van der Waals surface area contributed by atoms with Gasteiger partial charge in [-0.25, -0.2) is 9.78 Å². The molecule has 152 valence electrons. The molecule has 0 saturated heterocycles. The Balaban J connectivity index is 1.77. The minimum Gasteiger partial charge on any atom is -0.481 e. The van der Waals surface area contributed by atoms with Crippen LogP contribution in [0.25, 0.3) is 11.2 Å². The molecule has 2 aromatic rings. The lowest BCUT2D eigenvalue weighted by Crippen LogP contribution is -2.40. The summed E-state index contributed by atoms with van der Waals surface area (Å²) >= 11 is 0. The van der Waals surface area contributed by atoms with Crippen LogP contribution in [0.15, 0.2) is 9.59 Å². The van der Waals surface area contributed by atoms with Crippen molar-refractivity contribution in [1.82, 2.24) is 19.1 Å². The van der Waals surface area contributed by atoms with Crippen molar-refractivity contribution in [3.05, 3.63) is 26.7 Å². The number of nitrogens with one attached hydrogen (secondary N) is 1. The summed E-state index contributed by atoms with van der Waals surface area (Å²) in [5.74, 6) is 0.250. The van der Waals surface area contributed by atoms with Crippen molar-refractivity contribution in [3.63, 3.8) is 0 Å². The number of carboxylic acid groups (broad SMARTS) is 1. The molecule has 28 heavy (non-hydrogen) atoms. The number of carboxylic acids is 1. The molecule has 0 aromatic carbocycles. The standard InChI is InChI=1S/C20H28N4O4/c1-3-7-23-17-15(18(25)24(8-4-2)20(23)28)21-16(22-17)13-9-11-5-6-12(10-13)14(11)19(26)27/h11-14H,3-10H2,1-2H3,(H,21,22)(H,26,27)/t11-,12-,13?,14?/m1/s1. The van der Waals surface area contributed by atoms with Crippen molar-refractivity contribution in [2.75, 3.05) is 0 Å². The second-order valence-electron chi connectivity index (χ2n) is 8.34. The van der Waals surface area contributed by atoms with Crippen LogP contribution >= 0.6 is 0 Å². The maximum absolute atomic E-state index is 12.9. The number of fused-ring (bicyclic) bond motifs is 3. The largest absolute Gasteiger partial charge is 0.481 e. The molecule has 2 N–H and O–H groups in total. The molecule has 2 aromatic heterocycles. The van der Waals surface area contributed by atoms with Crippen LogP contribution in [-0.4, -0.2) is 30.2 Å². The van der Waals surface area contributed by atoms with Crippen molar-refractivity contribution < 1.29 is 9.90 Å². The number of aryl methyl sites for hydroxylation is 1. The molecule has 2 aliphatic rings. The van der Waals surface area contributed by atoms with Gasteiger partial charge in [0.15, 0.2) is 5.65 Å². The zero-order chi connectivity index (χ0) is 20.0. The predicted molar refractivity (Wildman–Crippen MR) is 105 cm³/mol. The van der Waals surface area contributed by atoms with E-state index in [4.69, 9.17) is 4.98 Å². The SMILES string of the molecule is CCCn1c(=O)c2[nH]c(C3C[C@H]4CC[C@H](C3)C4C(=O)O)nc2n(CCC)c1=O. The van der Waals surface area contributed by atoms with Gasteiger partial charge in [-0.2, -0.15) is 0 Å². The summed E-state index contributed by atoms with van der Waals surface area (Å²) in [7, 11) is 0. The van der Waals surface area contributed by atoms with Crippen LogP contribution in [0.4, 0.5) is 0 Å². The molecule has 0 aliphatic heterocycles. The van der Waals surface area contributed by atoms with Crippen molar-refractivity contribution in [2.24, 2.45) is 17.8 Å². The van der Waals surface area contributed by atoms with Gasteiger partial charge in [0, 0.05) is 19.0 Å². The first-order valence-corrected chi connectivity index (χ1v) is 10.4. The Hall–Kier alpha value is -2.38. The molecule has 2 aliphatic carbocycles. The summed E-state index contributed by atoms with van der Waals surface area (Å²) in [6.07, 6.45) is 4.92. The highest BCUT2D eigenvalue weighted by atomic mass is 16.4. The van der Waals surface area contributed by atoms with Gasteiger partial charge in [-0.05, 0) is 50.4 Å². The number of H-pyrrole nitrogens is 1. The fourth-order valence-electron chi connectivity index (χ4n) is 5.38. The summed E-state index contributed by atoms with van der Waals surface area (Å²) in [4.78, 5) is 45.2. The first-order valence-electron chi connectivity index (χ1n) is 10.4. The van der Waals surface area contributed by atoms with E-state index in [0.717, 1.165) is 37.9 Å². The van der Waals surface area contributed by atoms with Gasteiger partial charge in [-0.15, -0.1) is 0 Å². The van der Waals surface area contributed by atoms with Crippen LogP contribution in [0.3, 0.4) is 0 Å². The van der Waals surface area contributed by atoms with E-state index in [2.05, 4.69) is 4.98 Å². The fraction of sp³-hybridized carbons (Fsp3) is 0.700. The Kier molecular flexibility index (Phi) is 4.89. The third-order valence-electron chi connectivity index (χ3n) is 6.54. The molecule has 2 heterocycles. The van der Waals surface area contributed by atoms with E-state index in [1.807, 2.05) is 13.8 Å². The Morgan fingerprint density at radius 1 is 1.11 bits per heavy atom. The molecule has 4 rings (SSSR count). The number of imidazole rings is 1. The smallest absolute Gasteiger partial charge is 0.332 e. The maximum atomic E-state index is 12.9. The number of hydrogen-bond acceptors (Lipinski definition) is 4. The first-order chi connectivity index (χ1) is 13.5. The molecule has 2 saturated carbocycles. The minimum atomic E-state index is -0.685. The monoisotopic (exact) mass is 388 g/mol. The number of aromatic amines is 1. The quantitative estimate of drug-likeness (QED) is 0.789. The molecule has 0 unspecified atom stereocenters. The van der Waals surface area contributed by atoms with Crippen LogP contribution in [0.2, 0.25) is 0 Å². The van der Waals surface area contributed by atoms with E-state index >= 15 is 0 Å². The van der Waals surface area contributed by atoms with Crippen LogP contribution in [0.5, 0.6) is 0 Å². The summed E-state index contributed by atoms with van der Waals surface area (Å²) in [6, 6.07) is 0. The molecule has 2 bridgehead atoms. The van der Waals surface area contributed by atoms with Gasteiger partial charge in [-0.1, -0.05) is 13.8 Å². The van der Waals surface area contributed by atoms with Crippen LogP contribution in [0.1, 0.15) is 64.1 Å². The van der Waals surface area contributed by atoms with E-state index < -0.39 is 5.97 Å². The number of aromatic nitrogens is 4. The van der Waals surface area contributed by atoms with E-state index in [1.165, 1.54) is 4.57 Å². The van der Waals surface area contributed by atoms with Gasteiger partial charge in [-0.3, -0.25) is 18.7 Å². The van der Waals surface area contributed by atoms with E-state index in [0.29, 0.717) is 30.7 Å². The zero-order valence-corrected chi connectivity index (χ0v) is 16.5. The van der Waals surface area contributed by atoms with Crippen LogP contribution < -0.4 is 11.2 Å². The molecule has 0 spiro atoms. The highest BCUT2D eigenvalue weighted by Crippen LogP contribution is 2.51. The number of rotatable bonds is 6. The zero-order valence-electron chi connectivity index (χ0n) is 16.5. The van der Waals surface area contributed by atoms with Gasteiger partial charge in [0.25, 0.3) is 5.56 Å². The summed E-state index contributed by atoms with van der Waals surface area (Å²) in [5, 5.41) is 9.53. The van der Waals surface area contributed by atoms with Gasteiger partial charge in [0.1, 0.15) is 11.3 Å². The summed E-state index contributed by atoms with van der Waals surface area (Å²) < 4.78 is 2.90. The molecular formula is C20H28N4O4. The first kappa shape index (κ1) is 19.0. The molecule has 2 atom stereocenters. The molecular weight excluding hydrogens is 360 g/mol. The Bertz CT molecular complexity index is 1000. The topological polar surface area (TPSA) is 110 Å². The second-order valence-corrected chi connectivity index (χ2v) is 8.34. The Morgan fingerprint density at radius 3 is 2.29 bits per heavy atom. The highest BCUT2D eigenvalue weighted by Gasteiger charge is 2.47. The summed E-state index contributed by atoms with van der Waals surface area (Å²) in [5.41, 5.74) is 0.222.